The maximum atomic E-state index is 9.54. The molecule has 2 aromatic rings. The number of hydrazone groups is 1. The van der Waals surface area contributed by atoms with E-state index in [1.165, 1.54) is 33.7 Å². The molecule has 25 heavy (non-hydrogen) atoms. The van der Waals surface area contributed by atoms with Gasteiger partial charge in [0.05, 0.1) is 24.9 Å². The summed E-state index contributed by atoms with van der Waals surface area (Å²) in [5.41, 5.74) is 5.22. The first-order valence-electron chi connectivity index (χ1n) is 9.00. The Morgan fingerprint density at radius 1 is 1.16 bits per heavy atom. The Morgan fingerprint density at radius 3 is 2.72 bits per heavy atom. The van der Waals surface area contributed by atoms with Gasteiger partial charge in [0.2, 0.25) is 0 Å². The summed E-state index contributed by atoms with van der Waals surface area (Å²) in [5, 5.41) is 16.6. The lowest BCUT2D eigenvalue weighted by atomic mass is 9.85. The first kappa shape index (κ1) is 16.7. The molecule has 2 aromatic carbocycles. The van der Waals surface area contributed by atoms with E-state index < -0.39 is 0 Å². The fourth-order valence-electron chi connectivity index (χ4n) is 4.18. The zero-order valence-electron chi connectivity index (χ0n) is 14.6. The number of rotatable bonds is 4. The summed E-state index contributed by atoms with van der Waals surface area (Å²) in [6, 6.07) is 17.8. The molecule has 4 rings (SSSR count). The quantitative estimate of drug-likeness (QED) is 0.841. The minimum absolute atomic E-state index is 0.130. The van der Waals surface area contributed by atoms with Crippen molar-refractivity contribution < 1.29 is 5.11 Å². The molecule has 2 atom stereocenters. The number of β-amino-alcohol motifs (C(OH)–C–C–N with tert-alkyl or cyclic N) is 1. The fraction of sp³-hybridized carbons (Fsp3) is 0.381. The highest BCUT2D eigenvalue weighted by Crippen LogP contribution is 2.42. The predicted octanol–water partition coefficient (Wildman–Crippen LogP) is 4.11. The van der Waals surface area contributed by atoms with E-state index in [0.29, 0.717) is 12.5 Å². The molecule has 1 heterocycles. The van der Waals surface area contributed by atoms with Crippen molar-refractivity contribution in [3.63, 3.8) is 0 Å². The van der Waals surface area contributed by atoms with Gasteiger partial charge in [0.1, 0.15) is 0 Å². The van der Waals surface area contributed by atoms with E-state index in [0.717, 1.165) is 12.8 Å². The van der Waals surface area contributed by atoms with Crippen LogP contribution in [0.25, 0.3) is 0 Å². The lowest BCUT2D eigenvalue weighted by molar-refractivity contribution is 0.152. The molecule has 0 radical (unpaired) electrons. The second kappa shape index (κ2) is 7.22. The summed E-state index contributed by atoms with van der Waals surface area (Å²) in [5.74, 6) is 0.398. The Balaban J connectivity index is 1.75. The van der Waals surface area contributed by atoms with Gasteiger partial charge in [-0.25, -0.2) is 0 Å². The molecule has 4 heteroatoms. The van der Waals surface area contributed by atoms with E-state index in [1.54, 1.807) is 11.8 Å². The molecule has 0 fully saturated rings. The Hall–Kier alpha value is -1.78. The van der Waals surface area contributed by atoms with E-state index in [-0.39, 0.29) is 12.6 Å². The van der Waals surface area contributed by atoms with Crippen molar-refractivity contribution in [1.29, 1.82) is 0 Å². The maximum absolute atomic E-state index is 9.54. The van der Waals surface area contributed by atoms with Crippen LogP contribution in [0.3, 0.4) is 0 Å². The van der Waals surface area contributed by atoms with Gasteiger partial charge in [-0.15, -0.1) is 11.8 Å². The number of aliphatic hydroxyl groups excluding tert-OH is 1. The molecule has 2 aliphatic rings. The Labute approximate surface area is 153 Å². The van der Waals surface area contributed by atoms with Gasteiger partial charge in [-0.3, -0.25) is 5.01 Å². The highest BCUT2D eigenvalue weighted by Gasteiger charge is 2.39. The van der Waals surface area contributed by atoms with Gasteiger partial charge >= 0.3 is 0 Å². The predicted molar refractivity (Wildman–Crippen MR) is 104 cm³/mol. The summed E-state index contributed by atoms with van der Waals surface area (Å²) < 4.78 is 0. The molecule has 0 amide bonds. The van der Waals surface area contributed by atoms with Gasteiger partial charge in [-0.1, -0.05) is 36.4 Å². The van der Waals surface area contributed by atoms with Gasteiger partial charge in [0, 0.05) is 16.4 Å². The van der Waals surface area contributed by atoms with Crippen LogP contribution in [0.15, 0.2) is 58.5 Å². The molecule has 0 aromatic heterocycles. The van der Waals surface area contributed by atoms with Crippen molar-refractivity contribution in [3.05, 3.63) is 65.2 Å². The summed E-state index contributed by atoms with van der Waals surface area (Å²) in [7, 11) is 0. The average Bonchev–Trinajstić information content (AvgIpc) is 2.90. The van der Waals surface area contributed by atoms with Crippen LogP contribution in [0, 0.1) is 5.92 Å². The van der Waals surface area contributed by atoms with Crippen LogP contribution >= 0.6 is 11.8 Å². The molecule has 0 saturated heterocycles. The summed E-state index contributed by atoms with van der Waals surface area (Å²) >= 11 is 1.77. The number of benzene rings is 2. The number of hydrogen-bond acceptors (Lipinski definition) is 4. The van der Waals surface area contributed by atoms with Crippen molar-refractivity contribution in [2.75, 3.05) is 19.4 Å². The topological polar surface area (TPSA) is 35.8 Å². The largest absolute Gasteiger partial charge is 0.394 e. The number of thioether (sulfide) groups is 1. The van der Waals surface area contributed by atoms with E-state index in [2.05, 4.69) is 59.8 Å². The standard InChI is InChI=1S/C21H24N2OS/c1-25-17-11-9-16(10-12-17)21-19-8-4-6-15-5-2-3-7-18(15)20(19)22-23(21)13-14-24/h2-3,5,7,9-12,19,21,24H,4,6,8,13-14H2,1H3/t19-,21-/m1/s1. The Kier molecular flexibility index (Phi) is 4.82. The van der Waals surface area contributed by atoms with Crippen LogP contribution in [0.5, 0.6) is 0 Å². The van der Waals surface area contributed by atoms with E-state index in [9.17, 15) is 5.11 Å². The molecule has 0 unspecified atom stereocenters. The third kappa shape index (κ3) is 3.09. The minimum atomic E-state index is 0.130. The molecule has 1 aliphatic heterocycles. The molecular formula is C21H24N2OS. The van der Waals surface area contributed by atoms with E-state index >= 15 is 0 Å². The SMILES string of the molecule is CSc1ccc([C@@H]2[C@@H]3CCCc4ccccc4C3=NN2CCO)cc1. The average molecular weight is 353 g/mol. The lowest BCUT2D eigenvalue weighted by Gasteiger charge is -2.28. The van der Waals surface area contributed by atoms with E-state index in [1.807, 2.05) is 0 Å². The number of aliphatic hydroxyl groups is 1. The Bertz CT molecular complexity index is 772. The van der Waals surface area contributed by atoms with Crippen LogP contribution in [-0.4, -0.2) is 35.2 Å². The van der Waals surface area contributed by atoms with Gasteiger partial charge in [0.25, 0.3) is 0 Å². The van der Waals surface area contributed by atoms with Crippen molar-refractivity contribution in [3.8, 4) is 0 Å². The molecule has 0 spiro atoms. The molecular weight excluding hydrogens is 328 g/mol. The first-order chi connectivity index (χ1) is 12.3. The summed E-state index contributed by atoms with van der Waals surface area (Å²) in [6.07, 6.45) is 5.56. The van der Waals surface area contributed by atoms with Gasteiger partial charge in [0.15, 0.2) is 0 Å². The monoisotopic (exact) mass is 352 g/mol. The number of hydrogen-bond donors (Lipinski definition) is 1. The number of aryl methyl sites for hydroxylation is 1. The second-order valence-corrected chi connectivity index (χ2v) is 7.63. The fourth-order valence-corrected chi connectivity index (χ4v) is 4.59. The zero-order valence-corrected chi connectivity index (χ0v) is 15.4. The van der Waals surface area contributed by atoms with Crippen LogP contribution in [-0.2, 0) is 6.42 Å². The third-order valence-corrected chi connectivity index (χ3v) is 6.07. The summed E-state index contributed by atoms with van der Waals surface area (Å²) in [6.45, 7) is 0.710. The zero-order chi connectivity index (χ0) is 17.2. The van der Waals surface area contributed by atoms with Crippen LogP contribution < -0.4 is 0 Å². The van der Waals surface area contributed by atoms with Crippen molar-refractivity contribution in [2.45, 2.75) is 30.2 Å². The van der Waals surface area contributed by atoms with Crippen molar-refractivity contribution in [2.24, 2.45) is 11.0 Å². The smallest absolute Gasteiger partial charge is 0.0805 e. The van der Waals surface area contributed by atoms with Crippen molar-refractivity contribution in [1.82, 2.24) is 5.01 Å². The molecule has 0 bridgehead atoms. The Morgan fingerprint density at radius 2 is 1.96 bits per heavy atom. The highest BCUT2D eigenvalue weighted by atomic mass is 32.2. The molecule has 0 saturated carbocycles. The van der Waals surface area contributed by atoms with Crippen LogP contribution in [0.4, 0.5) is 0 Å². The van der Waals surface area contributed by atoms with Gasteiger partial charge in [-0.05, 0) is 48.8 Å². The van der Waals surface area contributed by atoms with Gasteiger partial charge in [-0.2, -0.15) is 5.10 Å². The molecule has 130 valence electrons. The number of fused-ring (bicyclic) bond motifs is 3. The number of nitrogens with zero attached hydrogens (tertiary/aromatic N) is 2. The van der Waals surface area contributed by atoms with Crippen LogP contribution in [0.2, 0.25) is 0 Å². The van der Waals surface area contributed by atoms with Crippen molar-refractivity contribution >= 4 is 17.5 Å². The molecule has 1 N–H and O–H groups in total. The lowest BCUT2D eigenvalue weighted by Crippen LogP contribution is -2.27. The molecule has 1 aliphatic carbocycles. The highest BCUT2D eigenvalue weighted by molar-refractivity contribution is 7.98. The van der Waals surface area contributed by atoms with Gasteiger partial charge < -0.3 is 5.11 Å². The van der Waals surface area contributed by atoms with E-state index in [4.69, 9.17) is 5.10 Å². The first-order valence-corrected chi connectivity index (χ1v) is 10.2. The molecule has 3 nitrogen and oxygen atoms in total. The van der Waals surface area contributed by atoms with Crippen LogP contribution in [0.1, 0.15) is 35.6 Å². The summed E-state index contributed by atoms with van der Waals surface area (Å²) in [4.78, 5) is 1.28. The third-order valence-electron chi connectivity index (χ3n) is 5.33. The second-order valence-electron chi connectivity index (χ2n) is 6.75. The maximum Gasteiger partial charge on any atom is 0.0805 e. The normalized spacial score (nSPS) is 22.2. The minimum Gasteiger partial charge on any atom is -0.394 e.